The second-order valence-corrected chi connectivity index (χ2v) is 10.2. The Morgan fingerprint density at radius 3 is 2.78 bits per heavy atom. The van der Waals surface area contributed by atoms with Crippen molar-refractivity contribution in [1.82, 2.24) is 35.1 Å². The summed E-state index contributed by atoms with van der Waals surface area (Å²) in [5, 5.41) is 11.5. The topological polar surface area (TPSA) is 115 Å². The number of carbonyl (C=O) groups excluding carboxylic acids is 2. The van der Waals surface area contributed by atoms with Crippen molar-refractivity contribution in [3.8, 4) is 5.75 Å². The number of likely N-dealkylation sites (tertiary alicyclic amines) is 2. The molecule has 36 heavy (non-hydrogen) atoms. The summed E-state index contributed by atoms with van der Waals surface area (Å²) >= 11 is 0. The third-order valence-electron chi connectivity index (χ3n) is 8.01. The summed E-state index contributed by atoms with van der Waals surface area (Å²) in [6.07, 6.45) is 9.31. The van der Waals surface area contributed by atoms with Gasteiger partial charge in [0.2, 0.25) is 5.91 Å². The Kier molecular flexibility index (Phi) is 6.34. The van der Waals surface area contributed by atoms with Gasteiger partial charge in [0.1, 0.15) is 17.8 Å². The highest BCUT2D eigenvalue weighted by atomic mass is 16.5. The number of rotatable bonds is 2. The molecule has 0 spiro atoms. The van der Waals surface area contributed by atoms with E-state index in [1.54, 1.807) is 23.0 Å². The quantitative estimate of drug-likeness (QED) is 0.656. The van der Waals surface area contributed by atoms with Gasteiger partial charge in [-0.05, 0) is 50.9 Å². The highest BCUT2D eigenvalue weighted by Crippen LogP contribution is 2.39. The normalized spacial score (nSPS) is 26.6. The van der Waals surface area contributed by atoms with Crippen LogP contribution in [0.2, 0.25) is 0 Å². The molecule has 1 aliphatic carbocycles. The molecule has 1 N–H and O–H groups in total. The second kappa shape index (κ2) is 9.78. The van der Waals surface area contributed by atoms with Crippen molar-refractivity contribution >= 4 is 11.8 Å². The van der Waals surface area contributed by atoms with Crippen molar-refractivity contribution in [2.24, 2.45) is 0 Å². The second-order valence-electron chi connectivity index (χ2n) is 10.2. The third-order valence-corrected chi connectivity index (χ3v) is 8.01. The SMILES string of the molecule is O=C1N[C@H]2CN(C(=O)C3(N4CCCC4)CCCC3)C[C@@H]2OCc2cn(nn2)CCOc2cccnc21. The smallest absolute Gasteiger partial charge is 0.274 e. The molecular weight excluding hydrogens is 462 g/mol. The molecular formula is C25H33N7O4. The molecule has 2 bridgehead atoms. The van der Waals surface area contributed by atoms with Crippen molar-refractivity contribution in [3.05, 3.63) is 35.9 Å². The highest BCUT2D eigenvalue weighted by molar-refractivity contribution is 5.95. The summed E-state index contributed by atoms with van der Waals surface area (Å²) in [6.45, 7) is 3.86. The number of nitrogens with zero attached hydrogens (tertiary/aromatic N) is 6. The third kappa shape index (κ3) is 4.34. The van der Waals surface area contributed by atoms with Gasteiger partial charge in [0, 0.05) is 19.3 Å². The van der Waals surface area contributed by atoms with Crippen LogP contribution >= 0.6 is 0 Å². The molecule has 1 saturated carbocycles. The summed E-state index contributed by atoms with van der Waals surface area (Å²) in [6, 6.07) is 3.11. The fraction of sp³-hybridized carbons (Fsp3) is 0.640. The van der Waals surface area contributed by atoms with Crippen LogP contribution in [-0.4, -0.2) is 92.1 Å². The summed E-state index contributed by atoms with van der Waals surface area (Å²) in [5.41, 5.74) is 0.513. The monoisotopic (exact) mass is 495 g/mol. The highest BCUT2D eigenvalue weighted by Gasteiger charge is 2.51. The zero-order valence-corrected chi connectivity index (χ0v) is 20.5. The number of pyridine rings is 1. The minimum atomic E-state index is -0.413. The van der Waals surface area contributed by atoms with Gasteiger partial charge in [0.25, 0.3) is 5.91 Å². The first kappa shape index (κ1) is 23.4. The number of hydrogen-bond donors (Lipinski definition) is 1. The van der Waals surface area contributed by atoms with Crippen LogP contribution in [0.1, 0.15) is 54.7 Å². The molecule has 4 aliphatic rings. The van der Waals surface area contributed by atoms with Crippen LogP contribution in [0.25, 0.3) is 0 Å². The molecule has 2 saturated heterocycles. The number of amides is 2. The number of fused-ring (bicyclic) bond motifs is 4. The molecule has 6 rings (SSSR count). The fourth-order valence-electron chi connectivity index (χ4n) is 6.18. The van der Waals surface area contributed by atoms with Crippen LogP contribution < -0.4 is 10.1 Å². The summed E-state index contributed by atoms with van der Waals surface area (Å²) in [7, 11) is 0. The van der Waals surface area contributed by atoms with Crippen molar-refractivity contribution < 1.29 is 19.1 Å². The van der Waals surface area contributed by atoms with Crippen molar-refractivity contribution in [2.45, 2.75) is 69.4 Å². The van der Waals surface area contributed by atoms with Gasteiger partial charge in [0.15, 0.2) is 11.4 Å². The van der Waals surface area contributed by atoms with Gasteiger partial charge in [-0.2, -0.15) is 0 Å². The van der Waals surface area contributed by atoms with Crippen LogP contribution in [0.3, 0.4) is 0 Å². The summed E-state index contributed by atoms with van der Waals surface area (Å²) in [4.78, 5) is 35.9. The van der Waals surface area contributed by atoms with E-state index in [1.807, 2.05) is 11.1 Å². The van der Waals surface area contributed by atoms with Crippen LogP contribution in [0, 0.1) is 0 Å². The molecule has 11 nitrogen and oxygen atoms in total. The fourth-order valence-corrected chi connectivity index (χ4v) is 6.18. The maximum Gasteiger partial charge on any atom is 0.274 e. The van der Waals surface area contributed by atoms with Crippen molar-refractivity contribution in [1.29, 1.82) is 0 Å². The van der Waals surface area contributed by atoms with E-state index < -0.39 is 5.54 Å². The molecule has 5 heterocycles. The lowest BCUT2D eigenvalue weighted by atomic mass is 9.93. The number of aromatic nitrogens is 4. The predicted molar refractivity (Wildman–Crippen MR) is 128 cm³/mol. The summed E-state index contributed by atoms with van der Waals surface area (Å²) in [5.74, 6) is 0.259. The van der Waals surface area contributed by atoms with E-state index in [2.05, 4.69) is 25.5 Å². The van der Waals surface area contributed by atoms with E-state index in [0.717, 1.165) is 51.6 Å². The average molecular weight is 496 g/mol. The zero-order chi connectivity index (χ0) is 24.5. The van der Waals surface area contributed by atoms with Crippen molar-refractivity contribution in [3.63, 3.8) is 0 Å². The predicted octanol–water partition coefficient (Wildman–Crippen LogP) is 1.00. The van der Waals surface area contributed by atoms with E-state index >= 15 is 0 Å². The maximum absolute atomic E-state index is 14.0. The maximum atomic E-state index is 14.0. The van der Waals surface area contributed by atoms with Gasteiger partial charge in [-0.25, -0.2) is 9.67 Å². The van der Waals surface area contributed by atoms with Crippen molar-refractivity contribution in [2.75, 3.05) is 32.8 Å². The van der Waals surface area contributed by atoms with Crippen LogP contribution in [0.4, 0.5) is 0 Å². The Morgan fingerprint density at radius 2 is 1.94 bits per heavy atom. The van der Waals surface area contributed by atoms with E-state index in [-0.39, 0.29) is 36.3 Å². The Balaban J connectivity index is 1.27. The molecule has 3 aliphatic heterocycles. The molecule has 2 atom stereocenters. The minimum Gasteiger partial charge on any atom is -0.489 e. The molecule has 11 heteroatoms. The van der Waals surface area contributed by atoms with E-state index in [0.29, 0.717) is 37.7 Å². The number of nitrogens with one attached hydrogen (secondary N) is 1. The average Bonchev–Trinajstić information content (AvgIpc) is 3.70. The van der Waals surface area contributed by atoms with E-state index in [1.165, 1.54) is 0 Å². The Hall–Kier alpha value is -3.05. The van der Waals surface area contributed by atoms with Gasteiger partial charge < -0.3 is 19.7 Å². The molecule has 0 unspecified atom stereocenters. The molecule has 2 aromatic heterocycles. The van der Waals surface area contributed by atoms with Crippen LogP contribution in [-0.2, 0) is 22.7 Å². The first-order chi connectivity index (χ1) is 17.6. The van der Waals surface area contributed by atoms with E-state index in [4.69, 9.17) is 9.47 Å². The summed E-state index contributed by atoms with van der Waals surface area (Å²) < 4.78 is 13.8. The van der Waals surface area contributed by atoms with Gasteiger partial charge in [-0.3, -0.25) is 14.5 Å². The van der Waals surface area contributed by atoms with Gasteiger partial charge in [0.05, 0.1) is 31.5 Å². The van der Waals surface area contributed by atoms with Gasteiger partial charge in [-0.1, -0.05) is 18.1 Å². The standard InChI is InChI=1S/C25H33N7O4/c33-23-22-20(6-5-9-26-22)35-13-12-32-14-18(28-29-32)17-36-21-16-30(15-19(21)27-23)24(34)25(7-1-2-8-25)31-10-3-4-11-31/h5-6,9,14,19,21H,1-4,7-8,10-13,15-17H2,(H,27,33)/t19-,21-/m0/s1. The molecule has 192 valence electrons. The number of carbonyl (C=O) groups is 2. The molecule has 0 radical (unpaired) electrons. The number of hydrogen-bond acceptors (Lipinski definition) is 8. The zero-order valence-electron chi connectivity index (χ0n) is 20.5. The Bertz CT molecular complexity index is 1110. The molecule has 2 amide bonds. The first-order valence-electron chi connectivity index (χ1n) is 13.1. The molecule has 2 aromatic rings. The largest absolute Gasteiger partial charge is 0.489 e. The van der Waals surface area contributed by atoms with E-state index in [9.17, 15) is 9.59 Å². The van der Waals surface area contributed by atoms with Gasteiger partial charge in [-0.15, -0.1) is 5.10 Å². The molecule has 3 fully saturated rings. The molecule has 0 aromatic carbocycles. The van der Waals surface area contributed by atoms with Gasteiger partial charge >= 0.3 is 0 Å². The van der Waals surface area contributed by atoms with Crippen LogP contribution in [0.15, 0.2) is 24.5 Å². The lowest BCUT2D eigenvalue weighted by molar-refractivity contribution is -0.143. The minimum absolute atomic E-state index is 0.179. The Morgan fingerprint density at radius 1 is 1.11 bits per heavy atom. The number of ether oxygens (including phenoxy) is 2. The lowest BCUT2D eigenvalue weighted by Crippen LogP contribution is -2.57. The Labute approximate surface area is 210 Å². The lowest BCUT2D eigenvalue weighted by Gasteiger charge is -2.40. The first-order valence-corrected chi connectivity index (χ1v) is 13.1. The van der Waals surface area contributed by atoms with Crippen LogP contribution in [0.5, 0.6) is 5.75 Å².